The second-order valence-electron chi connectivity index (χ2n) is 3.79. The van der Waals surface area contributed by atoms with Crippen LogP contribution < -0.4 is 0 Å². The Balaban J connectivity index is 2.11. The van der Waals surface area contributed by atoms with Gasteiger partial charge in [0.15, 0.2) is 0 Å². The van der Waals surface area contributed by atoms with E-state index in [4.69, 9.17) is 0 Å². The van der Waals surface area contributed by atoms with Gasteiger partial charge in [0.2, 0.25) is 0 Å². The van der Waals surface area contributed by atoms with Gasteiger partial charge in [-0.25, -0.2) is 0 Å². The molecule has 0 saturated carbocycles. The number of aliphatic hydroxyl groups excluding tert-OH is 1. The lowest BCUT2D eigenvalue weighted by Crippen LogP contribution is -2.04. The van der Waals surface area contributed by atoms with Gasteiger partial charge in [0.1, 0.15) is 6.10 Å². The number of aromatic nitrogens is 3. The van der Waals surface area contributed by atoms with Gasteiger partial charge < -0.3 is 5.11 Å². The zero-order chi connectivity index (χ0) is 12.3. The van der Waals surface area contributed by atoms with Crippen LogP contribution in [0.25, 0.3) is 0 Å². The molecular formula is C12H14BrN3O. The fourth-order valence-corrected chi connectivity index (χ4v) is 2.17. The van der Waals surface area contributed by atoms with Crippen LogP contribution in [0.2, 0.25) is 0 Å². The van der Waals surface area contributed by atoms with Crippen molar-refractivity contribution in [1.82, 2.24) is 14.8 Å². The van der Waals surface area contributed by atoms with Crippen LogP contribution in [0, 0.1) is 0 Å². The van der Waals surface area contributed by atoms with Crippen molar-refractivity contribution in [2.45, 2.75) is 26.0 Å². The number of nitrogens with zero attached hydrogens (tertiary/aromatic N) is 3. The van der Waals surface area contributed by atoms with E-state index in [1.807, 2.05) is 29.9 Å². The molecule has 1 unspecified atom stereocenters. The molecule has 17 heavy (non-hydrogen) atoms. The Hall–Kier alpha value is -1.20. The number of rotatable bonds is 4. The monoisotopic (exact) mass is 295 g/mol. The van der Waals surface area contributed by atoms with Crippen LogP contribution in [0.3, 0.4) is 0 Å². The van der Waals surface area contributed by atoms with Crippen molar-refractivity contribution in [3.05, 3.63) is 46.5 Å². The quantitative estimate of drug-likeness (QED) is 0.942. The van der Waals surface area contributed by atoms with Gasteiger partial charge in [-0.1, -0.05) is 0 Å². The molecule has 0 aromatic carbocycles. The van der Waals surface area contributed by atoms with E-state index in [9.17, 15) is 5.11 Å². The van der Waals surface area contributed by atoms with Crippen LogP contribution in [0.5, 0.6) is 0 Å². The molecule has 0 aliphatic heterocycles. The molecule has 2 aromatic rings. The second-order valence-corrected chi connectivity index (χ2v) is 4.65. The predicted molar refractivity (Wildman–Crippen MR) is 68.5 cm³/mol. The Labute approximate surface area is 108 Å². The van der Waals surface area contributed by atoms with Crippen molar-refractivity contribution < 1.29 is 5.11 Å². The minimum atomic E-state index is -0.611. The maximum absolute atomic E-state index is 10.1. The van der Waals surface area contributed by atoms with Gasteiger partial charge in [-0.05, 0) is 40.5 Å². The number of hydrogen-bond donors (Lipinski definition) is 1. The first-order valence-electron chi connectivity index (χ1n) is 5.50. The van der Waals surface area contributed by atoms with E-state index in [1.165, 1.54) is 0 Å². The van der Waals surface area contributed by atoms with E-state index >= 15 is 0 Å². The first-order valence-corrected chi connectivity index (χ1v) is 6.29. The third-order valence-corrected chi connectivity index (χ3v) is 3.21. The Kier molecular flexibility index (Phi) is 3.91. The molecule has 0 bridgehead atoms. The molecule has 2 aromatic heterocycles. The zero-order valence-electron chi connectivity index (χ0n) is 9.55. The van der Waals surface area contributed by atoms with Crippen LogP contribution in [0.4, 0.5) is 0 Å². The molecule has 0 amide bonds. The minimum Gasteiger partial charge on any atom is -0.386 e. The summed E-state index contributed by atoms with van der Waals surface area (Å²) >= 11 is 3.39. The second kappa shape index (κ2) is 5.42. The largest absolute Gasteiger partial charge is 0.386 e. The van der Waals surface area contributed by atoms with Crippen molar-refractivity contribution in [3.63, 3.8) is 0 Å². The van der Waals surface area contributed by atoms with Gasteiger partial charge in [0, 0.05) is 29.8 Å². The summed E-state index contributed by atoms with van der Waals surface area (Å²) in [6, 6.07) is 3.70. The number of hydrogen-bond acceptors (Lipinski definition) is 3. The number of aryl methyl sites for hydroxylation is 1. The summed E-state index contributed by atoms with van der Waals surface area (Å²) < 4.78 is 2.67. The van der Waals surface area contributed by atoms with Gasteiger partial charge in [-0.15, -0.1) is 0 Å². The van der Waals surface area contributed by atoms with Gasteiger partial charge in [0.25, 0.3) is 0 Å². The van der Waals surface area contributed by atoms with Crippen molar-refractivity contribution in [2.75, 3.05) is 0 Å². The summed E-state index contributed by atoms with van der Waals surface area (Å²) in [6.07, 6.45) is 5.32. The molecule has 1 atom stereocenters. The van der Waals surface area contributed by atoms with Crippen LogP contribution in [0.1, 0.15) is 24.3 Å². The Bertz CT molecular complexity index is 498. The standard InChI is InChI=1S/C12H14BrN3O/c1-2-16-8-9(7-15-16)6-11(17)12-10(13)4-3-5-14-12/h3-5,7-8,11,17H,2,6H2,1H3. The van der Waals surface area contributed by atoms with E-state index < -0.39 is 6.10 Å². The molecule has 90 valence electrons. The smallest absolute Gasteiger partial charge is 0.101 e. The molecule has 2 rings (SSSR count). The highest BCUT2D eigenvalue weighted by Gasteiger charge is 2.14. The summed E-state index contributed by atoms with van der Waals surface area (Å²) in [6.45, 7) is 2.87. The van der Waals surface area contributed by atoms with E-state index in [1.54, 1.807) is 12.4 Å². The van der Waals surface area contributed by atoms with Crippen molar-refractivity contribution in [3.8, 4) is 0 Å². The van der Waals surface area contributed by atoms with Gasteiger partial charge in [-0.2, -0.15) is 5.10 Å². The topological polar surface area (TPSA) is 50.9 Å². The average molecular weight is 296 g/mol. The molecule has 1 N–H and O–H groups in total. The Morgan fingerprint density at radius 3 is 3.00 bits per heavy atom. The van der Waals surface area contributed by atoms with E-state index in [-0.39, 0.29) is 0 Å². The average Bonchev–Trinajstić information content (AvgIpc) is 2.77. The molecule has 4 nitrogen and oxygen atoms in total. The lowest BCUT2D eigenvalue weighted by Gasteiger charge is -2.10. The number of aliphatic hydroxyl groups is 1. The molecule has 0 fully saturated rings. The molecular weight excluding hydrogens is 282 g/mol. The molecule has 0 saturated heterocycles. The van der Waals surface area contributed by atoms with Gasteiger partial charge in [-0.3, -0.25) is 9.67 Å². The molecule has 0 aliphatic carbocycles. The summed E-state index contributed by atoms with van der Waals surface area (Å²) in [5.74, 6) is 0. The van der Waals surface area contributed by atoms with E-state index in [0.717, 1.165) is 16.6 Å². The third kappa shape index (κ3) is 2.92. The van der Waals surface area contributed by atoms with Gasteiger partial charge in [0.05, 0.1) is 11.9 Å². The first kappa shape index (κ1) is 12.3. The SMILES string of the molecule is CCn1cc(CC(O)c2ncccc2Br)cn1. The molecule has 5 heteroatoms. The fourth-order valence-electron chi connectivity index (χ4n) is 1.65. The molecule has 0 aliphatic rings. The lowest BCUT2D eigenvalue weighted by atomic mass is 10.1. The van der Waals surface area contributed by atoms with Crippen LogP contribution >= 0.6 is 15.9 Å². The zero-order valence-corrected chi connectivity index (χ0v) is 11.1. The fraction of sp³-hybridized carbons (Fsp3) is 0.333. The minimum absolute atomic E-state index is 0.523. The molecule has 0 radical (unpaired) electrons. The highest BCUT2D eigenvalue weighted by molar-refractivity contribution is 9.10. The summed E-state index contributed by atoms with van der Waals surface area (Å²) in [4.78, 5) is 4.18. The summed E-state index contributed by atoms with van der Waals surface area (Å²) in [7, 11) is 0. The summed E-state index contributed by atoms with van der Waals surface area (Å²) in [5.41, 5.74) is 1.67. The van der Waals surface area contributed by atoms with Crippen LogP contribution in [-0.2, 0) is 13.0 Å². The molecule has 2 heterocycles. The van der Waals surface area contributed by atoms with Crippen LogP contribution in [0.15, 0.2) is 35.2 Å². The first-order chi connectivity index (χ1) is 8.20. The maximum Gasteiger partial charge on any atom is 0.101 e. The Morgan fingerprint density at radius 1 is 1.53 bits per heavy atom. The number of pyridine rings is 1. The van der Waals surface area contributed by atoms with Crippen molar-refractivity contribution in [1.29, 1.82) is 0 Å². The van der Waals surface area contributed by atoms with E-state index in [0.29, 0.717) is 12.1 Å². The normalized spacial score (nSPS) is 12.6. The highest BCUT2D eigenvalue weighted by Crippen LogP contribution is 2.23. The van der Waals surface area contributed by atoms with E-state index in [2.05, 4.69) is 26.0 Å². The molecule has 0 spiro atoms. The predicted octanol–water partition coefficient (Wildman–Crippen LogP) is 2.34. The summed E-state index contributed by atoms with van der Waals surface area (Å²) in [5, 5.41) is 14.3. The lowest BCUT2D eigenvalue weighted by molar-refractivity contribution is 0.172. The Morgan fingerprint density at radius 2 is 2.35 bits per heavy atom. The van der Waals surface area contributed by atoms with Crippen LogP contribution in [-0.4, -0.2) is 19.9 Å². The highest BCUT2D eigenvalue weighted by atomic mass is 79.9. The maximum atomic E-state index is 10.1. The van der Waals surface area contributed by atoms with Crippen molar-refractivity contribution in [2.24, 2.45) is 0 Å². The van der Waals surface area contributed by atoms with Gasteiger partial charge >= 0.3 is 0 Å². The number of halogens is 1. The van der Waals surface area contributed by atoms with Crippen molar-refractivity contribution >= 4 is 15.9 Å². The third-order valence-electron chi connectivity index (χ3n) is 2.54.